The monoisotopic (exact) mass is 323 g/mol. The molecule has 0 aliphatic carbocycles. The molecule has 1 aliphatic heterocycles. The van der Waals surface area contributed by atoms with Crippen molar-refractivity contribution in [1.82, 2.24) is 15.2 Å². The molecule has 122 valence electrons. The van der Waals surface area contributed by atoms with Crippen molar-refractivity contribution in [1.29, 1.82) is 0 Å². The lowest BCUT2D eigenvalue weighted by Crippen LogP contribution is -2.23. The van der Waals surface area contributed by atoms with E-state index in [0.717, 1.165) is 22.2 Å². The lowest BCUT2D eigenvalue weighted by molar-refractivity contribution is -0.141. The highest BCUT2D eigenvalue weighted by molar-refractivity contribution is 5.76. The van der Waals surface area contributed by atoms with Gasteiger partial charge in [0.1, 0.15) is 11.0 Å². The third-order valence-corrected chi connectivity index (χ3v) is 4.70. The topological polar surface area (TPSA) is 79.5 Å². The Hall–Kier alpha value is -2.73. The van der Waals surface area contributed by atoms with Crippen molar-refractivity contribution in [3.05, 3.63) is 59.7 Å². The molecular weight excluding hydrogens is 306 g/mol. The van der Waals surface area contributed by atoms with Gasteiger partial charge in [-0.15, -0.1) is 0 Å². The van der Waals surface area contributed by atoms with Crippen LogP contribution in [0.2, 0.25) is 0 Å². The van der Waals surface area contributed by atoms with Gasteiger partial charge in [-0.3, -0.25) is 9.69 Å². The SMILES string of the molecule is O=C(O)C1CN(Cc2cccc3nonc23)CC1c1ccccc1. The van der Waals surface area contributed by atoms with Gasteiger partial charge in [0.25, 0.3) is 0 Å². The van der Waals surface area contributed by atoms with E-state index in [9.17, 15) is 9.90 Å². The molecule has 1 N–H and O–H groups in total. The van der Waals surface area contributed by atoms with E-state index in [1.807, 2.05) is 48.5 Å². The van der Waals surface area contributed by atoms with E-state index in [4.69, 9.17) is 4.63 Å². The Bertz CT molecular complexity index is 862. The van der Waals surface area contributed by atoms with Gasteiger partial charge in [0.15, 0.2) is 0 Å². The van der Waals surface area contributed by atoms with Crippen molar-refractivity contribution in [2.75, 3.05) is 13.1 Å². The second kappa shape index (κ2) is 6.05. The van der Waals surface area contributed by atoms with Gasteiger partial charge in [-0.1, -0.05) is 42.5 Å². The highest BCUT2D eigenvalue weighted by Gasteiger charge is 2.38. The van der Waals surface area contributed by atoms with E-state index in [1.54, 1.807) is 0 Å². The molecule has 0 saturated carbocycles. The molecule has 3 aromatic rings. The zero-order chi connectivity index (χ0) is 16.5. The Labute approximate surface area is 138 Å². The molecule has 0 spiro atoms. The van der Waals surface area contributed by atoms with Crippen molar-refractivity contribution in [2.45, 2.75) is 12.5 Å². The Morgan fingerprint density at radius 2 is 1.96 bits per heavy atom. The van der Waals surface area contributed by atoms with Crippen LogP contribution in [0.5, 0.6) is 0 Å². The van der Waals surface area contributed by atoms with Crippen molar-refractivity contribution in [3.63, 3.8) is 0 Å². The van der Waals surface area contributed by atoms with E-state index < -0.39 is 11.9 Å². The molecular formula is C18H17N3O3. The van der Waals surface area contributed by atoms with Crippen molar-refractivity contribution in [2.24, 2.45) is 5.92 Å². The Morgan fingerprint density at radius 1 is 1.12 bits per heavy atom. The number of hydrogen-bond acceptors (Lipinski definition) is 5. The summed E-state index contributed by atoms with van der Waals surface area (Å²) in [6, 6.07) is 15.6. The maximum atomic E-state index is 11.7. The van der Waals surface area contributed by atoms with E-state index in [-0.39, 0.29) is 5.92 Å². The van der Waals surface area contributed by atoms with Crippen LogP contribution in [-0.2, 0) is 11.3 Å². The first-order valence-corrected chi connectivity index (χ1v) is 7.92. The lowest BCUT2D eigenvalue weighted by Gasteiger charge is -2.16. The van der Waals surface area contributed by atoms with Gasteiger partial charge in [-0.2, -0.15) is 0 Å². The fourth-order valence-electron chi connectivity index (χ4n) is 3.53. The minimum atomic E-state index is -0.743. The zero-order valence-electron chi connectivity index (χ0n) is 13.0. The van der Waals surface area contributed by atoms with Crippen LogP contribution in [-0.4, -0.2) is 39.4 Å². The Kier molecular flexibility index (Phi) is 3.74. The number of carboxylic acids is 1. The molecule has 6 heteroatoms. The van der Waals surface area contributed by atoms with Crippen LogP contribution in [0.25, 0.3) is 11.0 Å². The van der Waals surface area contributed by atoms with Gasteiger partial charge in [0.05, 0.1) is 5.92 Å². The lowest BCUT2D eigenvalue weighted by atomic mass is 9.89. The first kappa shape index (κ1) is 14.8. The molecule has 1 fully saturated rings. The maximum absolute atomic E-state index is 11.7. The largest absolute Gasteiger partial charge is 0.481 e. The molecule has 0 amide bonds. The molecule has 6 nitrogen and oxygen atoms in total. The van der Waals surface area contributed by atoms with E-state index in [2.05, 4.69) is 15.2 Å². The van der Waals surface area contributed by atoms with Crippen LogP contribution in [0.4, 0.5) is 0 Å². The van der Waals surface area contributed by atoms with Crippen LogP contribution in [0.15, 0.2) is 53.2 Å². The summed E-state index contributed by atoms with van der Waals surface area (Å²) in [5.41, 5.74) is 3.55. The second-order valence-corrected chi connectivity index (χ2v) is 6.21. The summed E-state index contributed by atoms with van der Waals surface area (Å²) in [6.45, 7) is 1.87. The molecule has 1 aromatic heterocycles. The van der Waals surface area contributed by atoms with Crippen molar-refractivity contribution >= 4 is 17.0 Å². The number of benzene rings is 2. The number of likely N-dealkylation sites (tertiary alicyclic amines) is 1. The van der Waals surface area contributed by atoms with Crippen molar-refractivity contribution in [3.8, 4) is 0 Å². The predicted molar refractivity (Wildman–Crippen MR) is 87.4 cm³/mol. The van der Waals surface area contributed by atoms with Gasteiger partial charge in [0, 0.05) is 25.6 Å². The molecule has 24 heavy (non-hydrogen) atoms. The second-order valence-electron chi connectivity index (χ2n) is 6.21. The summed E-state index contributed by atoms with van der Waals surface area (Å²) >= 11 is 0. The van der Waals surface area contributed by atoms with Gasteiger partial charge < -0.3 is 5.11 Å². The quantitative estimate of drug-likeness (QED) is 0.795. The third-order valence-electron chi connectivity index (χ3n) is 4.70. The van der Waals surface area contributed by atoms with E-state index in [1.165, 1.54) is 0 Å². The zero-order valence-corrected chi connectivity index (χ0v) is 13.0. The summed E-state index contributed by atoms with van der Waals surface area (Å²) in [7, 11) is 0. The van der Waals surface area contributed by atoms with Crippen molar-refractivity contribution < 1.29 is 14.5 Å². The number of carboxylic acid groups (broad SMARTS) is 1. The van der Waals surface area contributed by atoms with Crippen LogP contribution in [0, 0.1) is 5.92 Å². The fourth-order valence-corrected chi connectivity index (χ4v) is 3.53. The van der Waals surface area contributed by atoms with E-state index in [0.29, 0.717) is 19.6 Å². The average Bonchev–Trinajstić information content (AvgIpc) is 3.23. The number of rotatable bonds is 4. The number of nitrogens with zero attached hydrogens (tertiary/aromatic N) is 3. The molecule has 2 heterocycles. The molecule has 0 radical (unpaired) electrons. The van der Waals surface area contributed by atoms with Gasteiger partial charge >= 0.3 is 5.97 Å². The van der Waals surface area contributed by atoms with Crippen LogP contribution in [0.1, 0.15) is 17.0 Å². The van der Waals surface area contributed by atoms with Crippen LogP contribution < -0.4 is 0 Å². The summed E-state index contributed by atoms with van der Waals surface area (Å²) in [5, 5.41) is 17.4. The van der Waals surface area contributed by atoms with E-state index >= 15 is 0 Å². The first-order chi connectivity index (χ1) is 11.7. The number of aliphatic carboxylic acids is 1. The average molecular weight is 323 g/mol. The smallest absolute Gasteiger partial charge is 0.308 e. The van der Waals surface area contributed by atoms with Crippen LogP contribution in [0.3, 0.4) is 0 Å². The minimum absolute atomic E-state index is 0.00154. The fraction of sp³-hybridized carbons (Fsp3) is 0.278. The summed E-state index contributed by atoms with van der Waals surface area (Å²) < 4.78 is 4.81. The molecule has 2 unspecified atom stereocenters. The molecule has 2 atom stereocenters. The predicted octanol–water partition coefficient (Wildman–Crippen LogP) is 2.52. The number of hydrogen-bond donors (Lipinski definition) is 1. The molecule has 1 saturated heterocycles. The molecule has 2 aromatic carbocycles. The first-order valence-electron chi connectivity index (χ1n) is 7.92. The highest BCUT2D eigenvalue weighted by atomic mass is 16.6. The minimum Gasteiger partial charge on any atom is -0.481 e. The molecule has 1 aliphatic rings. The summed E-state index contributed by atoms with van der Waals surface area (Å²) in [5.74, 6) is -1.15. The standard InChI is InChI=1S/C18H17N3O3/c22-18(23)15-11-21(10-14(15)12-5-2-1-3-6-12)9-13-7-4-8-16-17(13)20-24-19-16/h1-8,14-15H,9-11H2,(H,22,23). The molecule has 4 rings (SSSR count). The van der Waals surface area contributed by atoms with Gasteiger partial charge in [-0.25, -0.2) is 4.63 Å². The number of carbonyl (C=O) groups is 1. The number of aromatic nitrogens is 2. The molecule has 0 bridgehead atoms. The third kappa shape index (κ3) is 2.65. The highest BCUT2D eigenvalue weighted by Crippen LogP contribution is 2.34. The summed E-state index contributed by atoms with van der Waals surface area (Å²) in [4.78, 5) is 13.9. The maximum Gasteiger partial charge on any atom is 0.308 e. The summed E-state index contributed by atoms with van der Waals surface area (Å²) in [6.07, 6.45) is 0. The Morgan fingerprint density at radius 3 is 2.75 bits per heavy atom. The van der Waals surface area contributed by atoms with Gasteiger partial charge in [-0.05, 0) is 27.5 Å². The van der Waals surface area contributed by atoms with Gasteiger partial charge in [0.2, 0.25) is 0 Å². The Balaban J connectivity index is 1.59. The number of fused-ring (bicyclic) bond motifs is 1. The van der Waals surface area contributed by atoms with Crippen LogP contribution >= 0.6 is 0 Å². The normalized spacial score (nSPS) is 21.3.